The Bertz CT molecular complexity index is 921. The average molecular weight is 476 g/mol. The van der Waals surface area contributed by atoms with E-state index in [9.17, 15) is 0 Å². The highest BCUT2D eigenvalue weighted by Crippen LogP contribution is 2.28. The van der Waals surface area contributed by atoms with Crippen molar-refractivity contribution in [2.45, 2.75) is 142 Å². The molecule has 0 aliphatic rings. The summed E-state index contributed by atoms with van der Waals surface area (Å²) in [5.74, 6) is 0. The van der Waals surface area contributed by atoms with Crippen LogP contribution in [0.3, 0.4) is 0 Å². The molecule has 3 aromatic rings. The van der Waals surface area contributed by atoms with Crippen LogP contribution in [0.1, 0.15) is 141 Å². The molecule has 1 N–H and O–H groups in total. The van der Waals surface area contributed by atoms with Crippen molar-refractivity contribution in [3.63, 3.8) is 0 Å². The molecule has 0 radical (unpaired) electrons. The third-order valence-electron chi connectivity index (χ3n) is 7.93. The molecule has 35 heavy (non-hydrogen) atoms. The van der Waals surface area contributed by atoms with Crippen molar-refractivity contribution in [1.82, 2.24) is 4.98 Å². The van der Waals surface area contributed by atoms with Gasteiger partial charge in [0.15, 0.2) is 0 Å². The van der Waals surface area contributed by atoms with Gasteiger partial charge in [0.1, 0.15) is 0 Å². The normalized spacial score (nSPS) is 11.7. The van der Waals surface area contributed by atoms with Gasteiger partial charge in [-0.05, 0) is 24.5 Å². The van der Waals surface area contributed by atoms with Crippen LogP contribution in [0, 0.1) is 0 Å². The molecule has 194 valence electrons. The molecule has 0 spiro atoms. The Morgan fingerprint density at radius 3 is 1.46 bits per heavy atom. The summed E-state index contributed by atoms with van der Waals surface area (Å²) in [6, 6.07) is 15.5. The Labute approximate surface area is 216 Å². The van der Waals surface area contributed by atoms with Crippen LogP contribution in [0.2, 0.25) is 0 Å². The number of nitrogens with one attached hydrogen (secondary N) is 1. The molecule has 1 aromatic heterocycles. The minimum Gasteiger partial charge on any atom is -0.354 e. The van der Waals surface area contributed by atoms with Gasteiger partial charge in [0.05, 0.1) is 0 Å². The molecule has 2 aromatic carbocycles. The van der Waals surface area contributed by atoms with Gasteiger partial charge in [0.2, 0.25) is 0 Å². The fourth-order valence-electron chi connectivity index (χ4n) is 5.71. The highest BCUT2D eigenvalue weighted by Gasteiger charge is 2.07. The lowest BCUT2D eigenvalue weighted by Crippen LogP contribution is -1.88. The van der Waals surface area contributed by atoms with Crippen molar-refractivity contribution in [2.24, 2.45) is 0 Å². The minimum absolute atomic E-state index is 1.20. The van der Waals surface area contributed by atoms with E-state index in [1.807, 2.05) is 0 Å². The van der Waals surface area contributed by atoms with Crippen LogP contribution in [0.25, 0.3) is 21.8 Å². The van der Waals surface area contributed by atoms with Gasteiger partial charge in [-0.2, -0.15) is 0 Å². The van der Waals surface area contributed by atoms with Crippen molar-refractivity contribution >= 4 is 21.8 Å². The minimum atomic E-state index is 1.20. The first-order valence-electron chi connectivity index (χ1n) is 15.4. The summed E-state index contributed by atoms with van der Waals surface area (Å²) in [6.07, 6.45) is 30.0. The van der Waals surface area contributed by atoms with E-state index in [1.54, 1.807) is 0 Å². The number of benzene rings is 2. The van der Waals surface area contributed by atoms with Crippen LogP contribution in [-0.2, 0) is 6.42 Å². The number of H-pyrrole nitrogens is 1. The highest BCUT2D eigenvalue weighted by molar-refractivity contribution is 6.08. The van der Waals surface area contributed by atoms with Gasteiger partial charge < -0.3 is 4.98 Å². The van der Waals surface area contributed by atoms with E-state index in [0.29, 0.717) is 0 Å². The lowest BCUT2D eigenvalue weighted by molar-refractivity contribution is 0.522. The van der Waals surface area contributed by atoms with Gasteiger partial charge in [0.25, 0.3) is 0 Å². The van der Waals surface area contributed by atoms with E-state index in [4.69, 9.17) is 0 Å². The second-order valence-corrected chi connectivity index (χ2v) is 11.0. The van der Waals surface area contributed by atoms with Crippen molar-refractivity contribution in [2.75, 3.05) is 0 Å². The Hall–Kier alpha value is -1.76. The quantitative estimate of drug-likeness (QED) is 0.147. The molecule has 1 nitrogen and oxygen atoms in total. The predicted molar refractivity (Wildman–Crippen MR) is 158 cm³/mol. The Kier molecular flexibility index (Phi) is 14.0. The topological polar surface area (TPSA) is 15.8 Å². The first-order valence-corrected chi connectivity index (χ1v) is 15.4. The number of para-hydroxylation sites is 2. The summed E-state index contributed by atoms with van der Waals surface area (Å²) < 4.78 is 0. The monoisotopic (exact) mass is 475 g/mol. The average Bonchev–Trinajstić information content (AvgIpc) is 3.27. The molecule has 0 saturated carbocycles. The third kappa shape index (κ3) is 10.4. The van der Waals surface area contributed by atoms with Gasteiger partial charge in [-0.3, -0.25) is 0 Å². The maximum Gasteiger partial charge on any atom is 0.0497 e. The van der Waals surface area contributed by atoms with Crippen LogP contribution in [0.15, 0.2) is 42.5 Å². The van der Waals surface area contributed by atoms with Crippen molar-refractivity contribution in [3.8, 4) is 0 Å². The summed E-state index contributed by atoms with van der Waals surface area (Å²) in [5, 5.41) is 2.74. The summed E-state index contributed by atoms with van der Waals surface area (Å²) in [5.41, 5.74) is 4.10. The van der Waals surface area contributed by atoms with Gasteiger partial charge in [0, 0.05) is 21.8 Å². The van der Waals surface area contributed by atoms with Crippen molar-refractivity contribution < 1.29 is 0 Å². The maximum atomic E-state index is 3.66. The van der Waals surface area contributed by atoms with E-state index in [0.717, 1.165) is 0 Å². The van der Waals surface area contributed by atoms with Gasteiger partial charge in [-0.1, -0.05) is 165 Å². The number of fused-ring (bicyclic) bond motifs is 3. The molecule has 0 unspecified atom stereocenters. The number of aromatic nitrogens is 1. The zero-order valence-corrected chi connectivity index (χ0v) is 22.9. The number of aryl methyl sites for hydroxylation is 1. The lowest BCUT2D eigenvalue weighted by Gasteiger charge is -2.05. The fraction of sp³-hybridized carbons (Fsp3) is 0.647. The molecule has 0 atom stereocenters. The molecule has 0 amide bonds. The molecule has 0 fully saturated rings. The number of hydrogen-bond donors (Lipinski definition) is 1. The van der Waals surface area contributed by atoms with Crippen LogP contribution in [0.4, 0.5) is 0 Å². The molecule has 1 heterocycles. The van der Waals surface area contributed by atoms with Crippen molar-refractivity contribution in [3.05, 3.63) is 48.0 Å². The highest BCUT2D eigenvalue weighted by atomic mass is 14.7. The zero-order valence-electron chi connectivity index (χ0n) is 22.9. The van der Waals surface area contributed by atoms with Crippen LogP contribution in [0.5, 0.6) is 0 Å². The third-order valence-corrected chi connectivity index (χ3v) is 7.93. The Morgan fingerprint density at radius 1 is 0.457 bits per heavy atom. The molecular weight excluding hydrogens is 422 g/mol. The molecule has 0 aliphatic carbocycles. The Morgan fingerprint density at radius 2 is 0.914 bits per heavy atom. The van der Waals surface area contributed by atoms with E-state index in [-0.39, 0.29) is 0 Å². The first-order chi connectivity index (χ1) is 17.4. The standard InChI is InChI=1S/C34H53N/c1-2-3-4-5-6-7-8-9-10-11-12-13-14-15-16-17-18-19-20-21-25-30-26-24-28-32-31-27-22-23-29-33(31)35-34(30)32/h22-24,26-29,35H,2-21,25H2,1H3. The summed E-state index contributed by atoms with van der Waals surface area (Å²) >= 11 is 0. The molecule has 1 heteroatoms. The second kappa shape index (κ2) is 17.6. The maximum absolute atomic E-state index is 3.66. The summed E-state index contributed by atoms with van der Waals surface area (Å²) in [6.45, 7) is 2.30. The number of aromatic amines is 1. The zero-order chi connectivity index (χ0) is 24.4. The number of hydrogen-bond acceptors (Lipinski definition) is 0. The number of rotatable bonds is 21. The second-order valence-electron chi connectivity index (χ2n) is 11.0. The summed E-state index contributed by atoms with van der Waals surface area (Å²) in [4.78, 5) is 3.66. The lowest BCUT2D eigenvalue weighted by atomic mass is 10.0. The molecule has 0 bridgehead atoms. The largest absolute Gasteiger partial charge is 0.354 e. The molecular formula is C34H53N. The van der Waals surface area contributed by atoms with Gasteiger partial charge in [-0.25, -0.2) is 0 Å². The summed E-state index contributed by atoms with van der Waals surface area (Å²) in [7, 11) is 0. The van der Waals surface area contributed by atoms with Gasteiger partial charge >= 0.3 is 0 Å². The smallest absolute Gasteiger partial charge is 0.0497 e. The molecule has 3 rings (SSSR count). The van der Waals surface area contributed by atoms with E-state index >= 15 is 0 Å². The van der Waals surface area contributed by atoms with E-state index in [2.05, 4.69) is 54.4 Å². The Balaban J connectivity index is 1.10. The number of unbranched alkanes of at least 4 members (excludes halogenated alkanes) is 19. The van der Waals surface area contributed by atoms with Crippen molar-refractivity contribution in [1.29, 1.82) is 0 Å². The molecule has 0 saturated heterocycles. The predicted octanol–water partition coefficient (Wildman–Crippen LogP) is 11.7. The SMILES string of the molecule is CCCCCCCCCCCCCCCCCCCCCCc1cccc2c1[nH]c1ccccc12. The van der Waals surface area contributed by atoms with E-state index < -0.39 is 0 Å². The van der Waals surface area contributed by atoms with Gasteiger partial charge in [-0.15, -0.1) is 0 Å². The van der Waals surface area contributed by atoms with E-state index in [1.165, 1.54) is 162 Å². The van der Waals surface area contributed by atoms with Crippen LogP contribution < -0.4 is 0 Å². The fourth-order valence-corrected chi connectivity index (χ4v) is 5.71. The first kappa shape index (κ1) is 27.8. The molecule has 0 aliphatic heterocycles. The van der Waals surface area contributed by atoms with Crippen LogP contribution in [-0.4, -0.2) is 4.98 Å². The van der Waals surface area contributed by atoms with Crippen LogP contribution >= 0.6 is 0 Å².